The number of benzene rings is 3. The van der Waals surface area contributed by atoms with Crippen LogP contribution in [0.5, 0.6) is 11.5 Å². The number of nitrogens with one attached hydrogen (secondary N) is 2. The number of aryl methyl sites for hydroxylation is 1. The Morgan fingerprint density at radius 2 is 1.47 bits per heavy atom. The highest BCUT2D eigenvalue weighted by Gasteiger charge is 2.12. The summed E-state index contributed by atoms with van der Waals surface area (Å²) in [5.74, 6) is -0.271. The highest BCUT2D eigenvalue weighted by molar-refractivity contribution is 6.39. The van der Waals surface area contributed by atoms with E-state index in [2.05, 4.69) is 15.8 Å². The first-order chi connectivity index (χ1) is 15.5. The first-order valence-corrected chi connectivity index (χ1v) is 10.2. The molecule has 2 N–H and O–H groups in total. The molecule has 0 heterocycles. The summed E-state index contributed by atoms with van der Waals surface area (Å²) in [5.41, 5.74) is 5.74. The summed E-state index contributed by atoms with van der Waals surface area (Å²) in [4.78, 5) is 23.9. The van der Waals surface area contributed by atoms with E-state index < -0.39 is 11.8 Å². The van der Waals surface area contributed by atoms with E-state index in [1.165, 1.54) is 11.8 Å². The maximum Gasteiger partial charge on any atom is 0.329 e. The molecule has 3 aromatic rings. The van der Waals surface area contributed by atoms with Crippen LogP contribution in [0.4, 0.5) is 5.69 Å². The molecule has 0 atom stereocenters. The Labute approximate surface area is 187 Å². The monoisotopic (exact) mass is 431 g/mol. The van der Waals surface area contributed by atoms with Crippen molar-refractivity contribution < 1.29 is 19.1 Å². The largest absolute Gasteiger partial charge is 0.494 e. The van der Waals surface area contributed by atoms with Gasteiger partial charge in [-0.25, -0.2) is 5.43 Å². The van der Waals surface area contributed by atoms with Gasteiger partial charge in [-0.3, -0.25) is 9.59 Å². The van der Waals surface area contributed by atoms with E-state index in [0.29, 0.717) is 24.7 Å². The van der Waals surface area contributed by atoms with Gasteiger partial charge in [0.15, 0.2) is 0 Å². The highest BCUT2D eigenvalue weighted by Crippen LogP contribution is 2.16. The van der Waals surface area contributed by atoms with Gasteiger partial charge in [-0.05, 0) is 73.5 Å². The van der Waals surface area contributed by atoms with Crippen molar-refractivity contribution in [1.82, 2.24) is 5.43 Å². The molecule has 0 spiro atoms. The second-order valence-corrected chi connectivity index (χ2v) is 6.95. The average Bonchev–Trinajstić information content (AvgIpc) is 2.81. The number of ether oxygens (including phenoxy) is 2. The van der Waals surface area contributed by atoms with Crippen LogP contribution in [0.2, 0.25) is 0 Å². The number of amides is 2. The fraction of sp³-hybridized carbons (Fsp3) is 0.160. The molecule has 0 bridgehead atoms. The van der Waals surface area contributed by atoms with Crippen LogP contribution in [0.25, 0.3) is 0 Å². The van der Waals surface area contributed by atoms with E-state index in [4.69, 9.17) is 9.47 Å². The molecule has 7 heteroatoms. The minimum absolute atomic E-state index is 0.479. The minimum Gasteiger partial charge on any atom is -0.494 e. The SMILES string of the molecule is CCOc1ccc(NC(=O)C(=O)NN=Cc2ccc(OCc3ccc(C)cc3)cc2)cc1. The summed E-state index contributed by atoms with van der Waals surface area (Å²) < 4.78 is 11.1. The summed E-state index contributed by atoms with van der Waals surface area (Å²) in [5, 5.41) is 6.33. The van der Waals surface area contributed by atoms with E-state index in [1.54, 1.807) is 36.4 Å². The van der Waals surface area contributed by atoms with Gasteiger partial charge in [-0.2, -0.15) is 5.10 Å². The first-order valence-electron chi connectivity index (χ1n) is 10.2. The summed E-state index contributed by atoms with van der Waals surface area (Å²) >= 11 is 0. The van der Waals surface area contributed by atoms with Crippen LogP contribution in [0.3, 0.4) is 0 Å². The number of nitrogens with zero attached hydrogens (tertiary/aromatic N) is 1. The van der Waals surface area contributed by atoms with Gasteiger partial charge in [0.2, 0.25) is 0 Å². The smallest absolute Gasteiger partial charge is 0.329 e. The minimum atomic E-state index is -0.867. The Hall–Kier alpha value is -4.13. The van der Waals surface area contributed by atoms with E-state index in [-0.39, 0.29) is 0 Å². The Morgan fingerprint density at radius 3 is 2.12 bits per heavy atom. The molecule has 0 fully saturated rings. The second kappa shape index (κ2) is 11.3. The lowest BCUT2D eigenvalue weighted by Gasteiger charge is -2.07. The van der Waals surface area contributed by atoms with Crippen molar-refractivity contribution in [3.05, 3.63) is 89.5 Å². The van der Waals surface area contributed by atoms with Gasteiger partial charge in [0, 0.05) is 5.69 Å². The van der Waals surface area contributed by atoms with Crippen LogP contribution >= 0.6 is 0 Å². The number of hydrogen-bond donors (Lipinski definition) is 2. The third-order valence-corrected chi connectivity index (χ3v) is 4.42. The van der Waals surface area contributed by atoms with Gasteiger partial charge >= 0.3 is 11.8 Å². The number of rotatable bonds is 8. The predicted octanol–water partition coefficient (Wildman–Crippen LogP) is 4.06. The van der Waals surface area contributed by atoms with Crippen LogP contribution in [-0.2, 0) is 16.2 Å². The molecule has 0 aromatic heterocycles. The van der Waals surface area contributed by atoms with Crippen molar-refractivity contribution in [3.63, 3.8) is 0 Å². The molecule has 0 aliphatic heterocycles. The molecule has 32 heavy (non-hydrogen) atoms. The van der Waals surface area contributed by atoms with E-state index in [1.807, 2.05) is 50.2 Å². The summed E-state index contributed by atoms with van der Waals surface area (Å²) in [6, 6.07) is 22.1. The maximum absolute atomic E-state index is 12.0. The fourth-order valence-electron chi connectivity index (χ4n) is 2.71. The zero-order valence-corrected chi connectivity index (χ0v) is 18.0. The van der Waals surface area contributed by atoms with Crippen molar-refractivity contribution in [2.45, 2.75) is 20.5 Å². The van der Waals surface area contributed by atoms with E-state index >= 15 is 0 Å². The van der Waals surface area contributed by atoms with Gasteiger partial charge in [0.1, 0.15) is 18.1 Å². The van der Waals surface area contributed by atoms with Crippen molar-refractivity contribution >= 4 is 23.7 Å². The summed E-state index contributed by atoms with van der Waals surface area (Å²) in [6.45, 7) is 4.96. The van der Waals surface area contributed by atoms with Crippen molar-refractivity contribution in [1.29, 1.82) is 0 Å². The average molecular weight is 431 g/mol. The van der Waals surface area contributed by atoms with Crippen LogP contribution < -0.4 is 20.2 Å². The van der Waals surface area contributed by atoms with Crippen molar-refractivity contribution in [2.75, 3.05) is 11.9 Å². The molecule has 3 aromatic carbocycles. The number of anilines is 1. The van der Waals surface area contributed by atoms with Gasteiger partial charge in [-0.15, -0.1) is 0 Å². The maximum atomic E-state index is 12.0. The zero-order chi connectivity index (χ0) is 22.8. The van der Waals surface area contributed by atoms with Crippen molar-refractivity contribution in [3.8, 4) is 11.5 Å². The van der Waals surface area contributed by atoms with Crippen LogP contribution in [0, 0.1) is 6.92 Å². The molecule has 0 aliphatic carbocycles. The molecule has 0 saturated heterocycles. The molecule has 0 aliphatic rings. The van der Waals surface area contributed by atoms with E-state index in [0.717, 1.165) is 16.9 Å². The Bertz CT molecular complexity index is 1060. The fourth-order valence-corrected chi connectivity index (χ4v) is 2.71. The van der Waals surface area contributed by atoms with E-state index in [9.17, 15) is 9.59 Å². The van der Waals surface area contributed by atoms with Gasteiger partial charge in [-0.1, -0.05) is 29.8 Å². The zero-order valence-electron chi connectivity index (χ0n) is 18.0. The normalized spacial score (nSPS) is 10.6. The molecule has 3 rings (SSSR count). The molecule has 0 saturated carbocycles. The topological polar surface area (TPSA) is 89.0 Å². The molecule has 0 radical (unpaired) electrons. The van der Waals surface area contributed by atoms with Crippen molar-refractivity contribution in [2.24, 2.45) is 5.10 Å². The van der Waals surface area contributed by atoms with Gasteiger partial charge in [0.25, 0.3) is 0 Å². The van der Waals surface area contributed by atoms with Crippen LogP contribution in [0.1, 0.15) is 23.6 Å². The molecule has 0 unspecified atom stereocenters. The quantitative estimate of drug-likeness (QED) is 0.320. The number of hydrogen-bond acceptors (Lipinski definition) is 5. The highest BCUT2D eigenvalue weighted by atomic mass is 16.5. The van der Waals surface area contributed by atoms with Crippen LogP contribution in [-0.4, -0.2) is 24.6 Å². The first kappa shape index (κ1) is 22.6. The predicted molar refractivity (Wildman–Crippen MR) is 124 cm³/mol. The number of hydrazone groups is 1. The molecular weight excluding hydrogens is 406 g/mol. The lowest BCUT2D eigenvalue weighted by molar-refractivity contribution is -0.136. The second-order valence-electron chi connectivity index (χ2n) is 6.95. The molecular formula is C25H25N3O4. The summed E-state index contributed by atoms with van der Waals surface area (Å²) in [6.07, 6.45) is 1.45. The Morgan fingerprint density at radius 1 is 0.844 bits per heavy atom. The third kappa shape index (κ3) is 6.98. The summed E-state index contributed by atoms with van der Waals surface area (Å²) in [7, 11) is 0. The molecule has 164 valence electrons. The number of carbonyl (C=O) groups is 2. The lowest BCUT2D eigenvalue weighted by atomic mass is 10.2. The van der Waals surface area contributed by atoms with Gasteiger partial charge < -0.3 is 14.8 Å². The Balaban J connectivity index is 1.44. The Kier molecular flexibility index (Phi) is 7.97. The number of carbonyl (C=O) groups excluding carboxylic acids is 2. The molecule has 2 amide bonds. The van der Waals surface area contributed by atoms with Gasteiger partial charge in [0.05, 0.1) is 12.8 Å². The standard InChI is InChI=1S/C25H25N3O4/c1-3-31-22-14-10-21(11-15-22)27-24(29)25(30)28-26-16-19-8-12-23(13-9-19)32-17-20-6-4-18(2)5-7-20/h4-16H,3,17H2,1-2H3,(H,27,29)(H,28,30). The molecule has 7 nitrogen and oxygen atoms in total. The van der Waals surface area contributed by atoms with Crippen LogP contribution in [0.15, 0.2) is 77.9 Å². The third-order valence-electron chi connectivity index (χ3n) is 4.42. The lowest BCUT2D eigenvalue weighted by Crippen LogP contribution is -2.32.